The molecule has 4 unspecified atom stereocenters. The standard InChI is InChI=1S/C30H48N4O7S4.C26H44O3S4/c1-21(35)26-14-27(40-17-29(44-12-8-33-24(4)38)19-42-10-6-31-22(2)36)16-28(15-26)41-18-30(45-13-9-34-25(5)39)20-43-11-7-32-23(3)37;1-6-10-30-19-25(32-12-8-3)17-28-23-14-22(21(5)27)15-24(16-23)29-18-26(33-13-9-4)20-31-11-7-2/h14-16,29-30H,6-13,17-20H2,1-5H3,(H,31,36)(H,32,37)(H,33,38)(H,34,39);14-16,25-26H,6-13,17-20H2,1-5H3. The molecule has 2 aromatic rings. The predicted molar refractivity (Wildman–Crippen MR) is 345 cm³/mol. The number of Topliss-reactive ketones (excluding diaryl/α,β-unsaturated/α-hetero) is 2. The molecule has 0 saturated carbocycles. The van der Waals surface area contributed by atoms with Gasteiger partial charge in [0.25, 0.3) is 0 Å². The van der Waals surface area contributed by atoms with Crippen LogP contribution < -0.4 is 40.2 Å². The predicted octanol–water partition coefficient (Wildman–Crippen LogP) is 10.8. The second-order valence-electron chi connectivity index (χ2n) is 17.9. The molecule has 22 heteroatoms. The molecule has 4 atom stereocenters. The summed E-state index contributed by atoms with van der Waals surface area (Å²) in [5.41, 5.74) is 1.14. The monoisotopic (exact) mass is 1240 g/mol. The highest BCUT2D eigenvalue weighted by Gasteiger charge is 2.18. The fourth-order valence-electron chi connectivity index (χ4n) is 6.44. The summed E-state index contributed by atoms with van der Waals surface area (Å²) in [6.45, 7) is 22.4. The summed E-state index contributed by atoms with van der Waals surface area (Å²) in [6, 6.07) is 10.9. The van der Waals surface area contributed by atoms with Gasteiger partial charge in [-0.05, 0) is 86.8 Å². The fourth-order valence-corrected chi connectivity index (χ4v) is 15.2. The fraction of sp³-hybridized carbons (Fsp3) is 0.679. The minimum absolute atomic E-state index is 0.0381. The lowest BCUT2D eigenvalue weighted by Gasteiger charge is -2.20. The molecule has 2 aromatic carbocycles. The van der Waals surface area contributed by atoms with Gasteiger partial charge in [0.05, 0.1) is 0 Å². The summed E-state index contributed by atoms with van der Waals surface area (Å²) in [7, 11) is 0. The molecule has 444 valence electrons. The highest BCUT2D eigenvalue weighted by Crippen LogP contribution is 2.29. The van der Waals surface area contributed by atoms with Gasteiger partial charge in [-0.2, -0.15) is 94.1 Å². The number of amides is 4. The first-order chi connectivity index (χ1) is 37.5. The van der Waals surface area contributed by atoms with Crippen LogP contribution in [0.2, 0.25) is 0 Å². The molecule has 0 radical (unpaired) electrons. The zero-order valence-corrected chi connectivity index (χ0v) is 54.6. The Bertz CT molecular complexity index is 1880. The molecule has 0 fully saturated rings. The summed E-state index contributed by atoms with van der Waals surface area (Å²) in [4.78, 5) is 69.3. The van der Waals surface area contributed by atoms with Gasteiger partial charge in [0.15, 0.2) is 11.6 Å². The highest BCUT2D eigenvalue weighted by atomic mass is 32.2. The van der Waals surface area contributed by atoms with Crippen molar-refractivity contribution in [3.8, 4) is 23.0 Å². The van der Waals surface area contributed by atoms with Crippen LogP contribution in [0.25, 0.3) is 0 Å². The molecule has 0 aliphatic heterocycles. The Hall–Kier alpha value is -2.34. The van der Waals surface area contributed by atoms with Crippen molar-refractivity contribution >= 4 is 129 Å². The second-order valence-corrected chi connectivity index (χ2v) is 28.2. The Morgan fingerprint density at radius 3 is 0.846 bits per heavy atom. The molecule has 14 nitrogen and oxygen atoms in total. The van der Waals surface area contributed by atoms with E-state index in [1.807, 2.05) is 65.2 Å². The lowest BCUT2D eigenvalue weighted by atomic mass is 10.1. The Morgan fingerprint density at radius 2 is 0.603 bits per heavy atom. The Balaban J connectivity index is 0.000000818. The summed E-state index contributed by atoms with van der Waals surface area (Å²) in [5, 5.41) is 12.4. The number of nitrogens with one attached hydrogen (secondary N) is 4. The van der Waals surface area contributed by atoms with Crippen LogP contribution in [0.1, 0.15) is 116 Å². The van der Waals surface area contributed by atoms with E-state index < -0.39 is 0 Å². The molecule has 0 spiro atoms. The molecule has 0 aliphatic carbocycles. The van der Waals surface area contributed by atoms with Gasteiger partial charge in [0.2, 0.25) is 23.6 Å². The number of thioether (sulfide) groups is 8. The van der Waals surface area contributed by atoms with Gasteiger partial charge in [0.1, 0.15) is 49.4 Å². The van der Waals surface area contributed by atoms with Crippen molar-refractivity contribution in [2.75, 3.05) is 122 Å². The quantitative estimate of drug-likeness (QED) is 0.0362. The smallest absolute Gasteiger partial charge is 0.216 e. The maximum absolute atomic E-state index is 12.3. The number of rotatable bonds is 46. The van der Waals surface area contributed by atoms with E-state index in [9.17, 15) is 28.8 Å². The largest absolute Gasteiger partial charge is 0.492 e. The maximum atomic E-state index is 12.3. The van der Waals surface area contributed by atoms with Crippen molar-refractivity contribution in [1.29, 1.82) is 0 Å². The van der Waals surface area contributed by atoms with Crippen molar-refractivity contribution in [2.24, 2.45) is 0 Å². The summed E-state index contributed by atoms with van der Waals surface area (Å²) in [6.07, 6.45) is 4.75. The molecule has 4 N–H and O–H groups in total. The third-order valence-electron chi connectivity index (χ3n) is 10.2. The lowest BCUT2D eigenvalue weighted by Crippen LogP contribution is -2.26. The normalized spacial score (nSPS) is 12.4. The Morgan fingerprint density at radius 1 is 0.359 bits per heavy atom. The number of carbonyl (C=O) groups excluding carboxylic acids is 6. The third kappa shape index (κ3) is 40.8. The SMILES string of the molecule is CC(=O)NCCSCC(COc1cc(OCC(CSCCNC(C)=O)SCCNC(C)=O)cc(C(C)=O)c1)SCCNC(C)=O.CCCSCC(COc1cc(OCC(CSCCC)SCCC)cc(C(C)=O)c1)SCCC. The molecule has 2 rings (SSSR count). The minimum atomic E-state index is -0.102. The van der Waals surface area contributed by atoms with Crippen LogP contribution in [0.4, 0.5) is 0 Å². The Labute approximate surface area is 502 Å². The van der Waals surface area contributed by atoms with E-state index in [0.29, 0.717) is 85.7 Å². The first-order valence-corrected chi connectivity index (χ1v) is 35.9. The van der Waals surface area contributed by atoms with Crippen LogP contribution >= 0.6 is 94.1 Å². The van der Waals surface area contributed by atoms with Crippen LogP contribution in [0.5, 0.6) is 23.0 Å². The van der Waals surface area contributed by atoms with Crippen LogP contribution in [0.3, 0.4) is 0 Å². The number of ether oxygens (including phenoxy) is 4. The van der Waals surface area contributed by atoms with E-state index in [0.717, 1.165) is 69.0 Å². The van der Waals surface area contributed by atoms with Crippen molar-refractivity contribution in [1.82, 2.24) is 21.3 Å². The molecular formula is C56H92N4O10S8. The maximum Gasteiger partial charge on any atom is 0.216 e. The van der Waals surface area contributed by atoms with E-state index in [1.165, 1.54) is 71.8 Å². The van der Waals surface area contributed by atoms with E-state index >= 15 is 0 Å². The number of hydrogen-bond donors (Lipinski definition) is 4. The summed E-state index contributed by atoms with van der Waals surface area (Å²) >= 11 is 14.8. The zero-order valence-electron chi connectivity index (χ0n) is 48.1. The molecule has 4 amide bonds. The average molecular weight is 1240 g/mol. The van der Waals surface area contributed by atoms with Gasteiger partial charge >= 0.3 is 0 Å². The number of carbonyl (C=O) groups is 6. The van der Waals surface area contributed by atoms with E-state index in [-0.39, 0.29) is 45.7 Å². The van der Waals surface area contributed by atoms with Gasteiger partial charge in [-0.3, -0.25) is 28.8 Å². The van der Waals surface area contributed by atoms with Gasteiger partial charge in [-0.1, -0.05) is 27.7 Å². The zero-order chi connectivity index (χ0) is 57.8. The van der Waals surface area contributed by atoms with Crippen molar-refractivity contribution < 1.29 is 47.7 Å². The topological polar surface area (TPSA) is 187 Å². The van der Waals surface area contributed by atoms with Crippen molar-refractivity contribution in [3.05, 3.63) is 47.5 Å². The van der Waals surface area contributed by atoms with Crippen molar-refractivity contribution in [3.63, 3.8) is 0 Å². The average Bonchev–Trinajstić information content (AvgIpc) is 3.39. The molecule has 0 aliphatic rings. The lowest BCUT2D eigenvalue weighted by molar-refractivity contribution is -0.119. The van der Waals surface area contributed by atoms with E-state index in [2.05, 4.69) is 49.0 Å². The van der Waals surface area contributed by atoms with Crippen molar-refractivity contribution in [2.45, 2.75) is 116 Å². The van der Waals surface area contributed by atoms with E-state index in [4.69, 9.17) is 18.9 Å². The van der Waals surface area contributed by atoms with Gasteiger partial charge in [0, 0.05) is 144 Å². The number of benzene rings is 2. The molecule has 0 bridgehead atoms. The van der Waals surface area contributed by atoms with Gasteiger partial charge in [-0.25, -0.2) is 0 Å². The van der Waals surface area contributed by atoms with Crippen LogP contribution in [0, 0.1) is 0 Å². The summed E-state index contributed by atoms with van der Waals surface area (Å²) in [5.74, 6) is 13.7. The molecule has 0 heterocycles. The molecule has 0 saturated heterocycles. The third-order valence-corrected chi connectivity index (χ3v) is 21.3. The van der Waals surface area contributed by atoms with Crippen LogP contribution in [-0.4, -0.2) is 178 Å². The molecule has 0 aromatic heterocycles. The molecule has 78 heavy (non-hydrogen) atoms. The Kier molecular flexibility index (Phi) is 45.5. The van der Waals surface area contributed by atoms with Crippen LogP contribution in [0.15, 0.2) is 36.4 Å². The van der Waals surface area contributed by atoms with Gasteiger partial charge in [-0.15, -0.1) is 0 Å². The number of hydrogen-bond acceptors (Lipinski definition) is 18. The first-order valence-electron chi connectivity index (χ1n) is 27.1. The van der Waals surface area contributed by atoms with Gasteiger partial charge < -0.3 is 40.2 Å². The molecular weight excluding hydrogens is 1150 g/mol. The summed E-state index contributed by atoms with van der Waals surface area (Å²) < 4.78 is 24.8. The number of ketones is 2. The second kappa shape index (κ2) is 48.2. The highest BCUT2D eigenvalue weighted by molar-refractivity contribution is 8.04. The minimum Gasteiger partial charge on any atom is -0.492 e. The first kappa shape index (κ1) is 73.7. The van der Waals surface area contributed by atoms with Crippen LogP contribution in [-0.2, 0) is 19.2 Å². The van der Waals surface area contributed by atoms with E-state index in [1.54, 1.807) is 72.2 Å².